The third-order valence-electron chi connectivity index (χ3n) is 2.56. The van der Waals surface area contributed by atoms with E-state index in [1.165, 1.54) is 0 Å². The van der Waals surface area contributed by atoms with Gasteiger partial charge in [0.1, 0.15) is 4.90 Å². The molecule has 1 aliphatic heterocycles. The third kappa shape index (κ3) is 2.10. The fourth-order valence-electron chi connectivity index (χ4n) is 1.82. The lowest BCUT2D eigenvalue weighted by Gasteiger charge is -2.22. The normalized spacial score (nSPS) is 15.1. The van der Waals surface area contributed by atoms with Crippen molar-refractivity contribution in [1.29, 1.82) is 0 Å². The van der Waals surface area contributed by atoms with Gasteiger partial charge in [-0.25, -0.2) is 8.42 Å². The zero-order valence-electron chi connectivity index (χ0n) is 9.98. The average molecular weight is 257 g/mol. The molecule has 1 aliphatic rings. The fourth-order valence-corrected chi connectivity index (χ4v) is 3.05. The Bertz CT molecular complexity index is 558. The molecule has 0 amide bonds. The number of benzene rings is 1. The molecule has 94 valence electrons. The zero-order valence-corrected chi connectivity index (χ0v) is 10.8. The Morgan fingerprint density at radius 1 is 1.29 bits per heavy atom. The number of sulfone groups is 1. The Kier molecular flexibility index (Phi) is 2.59. The fraction of sp³-hybridized carbons (Fsp3) is 0.455. The molecule has 1 aromatic rings. The molecule has 6 heteroatoms. The number of nitrogens with two attached hydrogens (primary N) is 1. The summed E-state index contributed by atoms with van der Waals surface area (Å²) in [4.78, 5) is 0.125. The van der Waals surface area contributed by atoms with E-state index in [4.69, 9.17) is 15.2 Å². The molecule has 0 bridgehead atoms. The number of hydrogen-bond acceptors (Lipinski definition) is 5. The van der Waals surface area contributed by atoms with Crippen molar-refractivity contribution in [2.45, 2.75) is 24.3 Å². The van der Waals surface area contributed by atoms with Crippen LogP contribution in [0, 0.1) is 0 Å². The van der Waals surface area contributed by atoms with Crippen molar-refractivity contribution in [3.63, 3.8) is 0 Å². The SMILES string of the molecule is CC(C)(N)c1ccc2c(c1S(C)(=O)=O)OCO2. The Morgan fingerprint density at radius 3 is 2.47 bits per heavy atom. The molecule has 0 saturated carbocycles. The molecule has 17 heavy (non-hydrogen) atoms. The molecular formula is C11H15NO4S. The summed E-state index contributed by atoms with van der Waals surface area (Å²) in [5.74, 6) is 0.710. The van der Waals surface area contributed by atoms with Gasteiger partial charge in [0, 0.05) is 11.8 Å². The maximum atomic E-state index is 11.9. The van der Waals surface area contributed by atoms with E-state index >= 15 is 0 Å². The first-order valence-corrected chi connectivity index (χ1v) is 7.02. The van der Waals surface area contributed by atoms with Gasteiger partial charge < -0.3 is 15.2 Å². The molecule has 0 radical (unpaired) electrons. The van der Waals surface area contributed by atoms with Crippen LogP contribution in [0.5, 0.6) is 11.5 Å². The largest absolute Gasteiger partial charge is 0.454 e. The minimum absolute atomic E-state index is 0.0340. The van der Waals surface area contributed by atoms with E-state index in [9.17, 15) is 8.42 Å². The van der Waals surface area contributed by atoms with E-state index in [1.807, 2.05) is 0 Å². The Labute approximate surface area is 100 Å². The Balaban J connectivity index is 2.80. The molecule has 0 aromatic heterocycles. The number of ether oxygens (including phenoxy) is 2. The van der Waals surface area contributed by atoms with Crippen molar-refractivity contribution < 1.29 is 17.9 Å². The first kappa shape index (κ1) is 12.2. The predicted molar refractivity (Wildman–Crippen MR) is 62.9 cm³/mol. The summed E-state index contributed by atoms with van der Waals surface area (Å²) in [5, 5.41) is 0. The van der Waals surface area contributed by atoms with Crippen LogP contribution in [0.15, 0.2) is 17.0 Å². The number of fused-ring (bicyclic) bond motifs is 1. The van der Waals surface area contributed by atoms with Gasteiger partial charge in [-0.2, -0.15) is 0 Å². The summed E-state index contributed by atoms with van der Waals surface area (Å²) in [6, 6.07) is 3.35. The summed E-state index contributed by atoms with van der Waals surface area (Å²) in [6.07, 6.45) is 1.14. The molecule has 0 spiro atoms. The van der Waals surface area contributed by atoms with E-state index in [1.54, 1.807) is 26.0 Å². The van der Waals surface area contributed by atoms with Gasteiger partial charge in [0.2, 0.25) is 6.79 Å². The van der Waals surface area contributed by atoms with Crippen molar-refractivity contribution >= 4 is 9.84 Å². The molecule has 2 N–H and O–H groups in total. The molecule has 0 aliphatic carbocycles. The van der Waals surface area contributed by atoms with E-state index in [-0.39, 0.29) is 17.4 Å². The monoisotopic (exact) mass is 257 g/mol. The maximum Gasteiger partial charge on any atom is 0.231 e. The summed E-state index contributed by atoms with van der Waals surface area (Å²) in [6.45, 7) is 3.53. The summed E-state index contributed by atoms with van der Waals surface area (Å²) < 4.78 is 34.1. The van der Waals surface area contributed by atoms with E-state index in [2.05, 4.69) is 0 Å². The summed E-state index contributed by atoms with van der Waals surface area (Å²) in [7, 11) is -3.43. The van der Waals surface area contributed by atoms with Gasteiger partial charge in [-0.15, -0.1) is 0 Å². The van der Waals surface area contributed by atoms with E-state index in [0.717, 1.165) is 6.26 Å². The molecule has 1 aromatic carbocycles. The van der Waals surface area contributed by atoms with Gasteiger partial charge in [-0.05, 0) is 25.5 Å². The first-order valence-electron chi connectivity index (χ1n) is 5.13. The van der Waals surface area contributed by atoms with Crippen LogP contribution in [-0.2, 0) is 15.4 Å². The predicted octanol–water partition coefficient (Wildman–Crippen LogP) is 1.01. The highest BCUT2D eigenvalue weighted by atomic mass is 32.2. The summed E-state index contributed by atoms with van der Waals surface area (Å²) in [5.41, 5.74) is 5.75. The summed E-state index contributed by atoms with van der Waals surface area (Å²) >= 11 is 0. The second kappa shape index (κ2) is 3.61. The van der Waals surface area contributed by atoms with Gasteiger partial charge >= 0.3 is 0 Å². The van der Waals surface area contributed by atoms with Gasteiger partial charge in [0.15, 0.2) is 21.3 Å². The van der Waals surface area contributed by atoms with E-state index < -0.39 is 15.4 Å². The van der Waals surface area contributed by atoms with E-state index in [0.29, 0.717) is 11.3 Å². The molecule has 0 atom stereocenters. The third-order valence-corrected chi connectivity index (χ3v) is 3.71. The van der Waals surface area contributed by atoms with Crippen molar-refractivity contribution in [2.24, 2.45) is 5.73 Å². The molecule has 0 fully saturated rings. The lowest BCUT2D eigenvalue weighted by molar-refractivity contribution is 0.172. The van der Waals surface area contributed by atoms with Gasteiger partial charge in [-0.3, -0.25) is 0 Å². The standard InChI is InChI=1S/C11H15NO4S/c1-11(2,12)7-4-5-8-9(16-6-15-8)10(7)17(3,13)14/h4-5H,6,12H2,1-3H3. The Morgan fingerprint density at radius 2 is 1.94 bits per heavy atom. The van der Waals surface area contributed by atoms with Crippen LogP contribution in [0.4, 0.5) is 0 Å². The highest BCUT2D eigenvalue weighted by Crippen LogP contribution is 2.42. The second-order valence-electron chi connectivity index (χ2n) is 4.67. The second-order valence-corrected chi connectivity index (χ2v) is 6.62. The van der Waals surface area contributed by atoms with Crippen LogP contribution in [0.3, 0.4) is 0 Å². The number of hydrogen-bond donors (Lipinski definition) is 1. The van der Waals surface area contributed by atoms with Crippen LogP contribution in [0.2, 0.25) is 0 Å². The number of rotatable bonds is 2. The van der Waals surface area contributed by atoms with Crippen LogP contribution >= 0.6 is 0 Å². The molecule has 5 nitrogen and oxygen atoms in total. The Hall–Kier alpha value is -1.27. The van der Waals surface area contributed by atoms with Gasteiger partial charge in [0.05, 0.1) is 0 Å². The van der Waals surface area contributed by atoms with Crippen molar-refractivity contribution in [3.05, 3.63) is 17.7 Å². The lowest BCUT2D eigenvalue weighted by Crippen LogP contribution is -2.30. The molecule has 0 saturated heterocycles. The lowest BCUT2D eigenvalue weighted by atomic mass is 9.95. The van der Waals surface area contributed by atoms with Crippen LogP contribution in [0.25, 0.3) is 0 Å². The minimum Gasteiger partial charge on any atom is -0.454 e. The highest BCUT2D eigenvalue weighted by molar-refractivity contribution is 7.90. The van der Waals surface area contributed by atoms with Crippen LogP contribution in [-0.4, -0.2) is 21.5 Å². The smallest absolute Gasteiger partial charge is 0.231 e. The van der Waals surface area contributed by atoms with Crippen molar-refractivity contribution in [3.8, 4) is 11.5 Å². The molecule has 1 heterocycles. The quantitative estimate of drug-likeness (QED) is 0.855. The van der Waals surface area contributed by atoms with Gasteiger partial charge in [0.25, 0.3) is 0 Å². The first-order chi connectivity index (χ1) is 7.71. The average Bonchev–Trinajstić information content (AvgIpc) is 2.59. The van der Waals surface area contributed by atoms with Crippen molar-refractivity contribution in [1.82, 2.24) is 0 Å². The highest BCUT2D eigenvalue weighted by Gasteiger charge is 2.31. The molecular weight excluding hydrogens is 242 g/mol. The zero-order chi connectivity index (χ0) is 12.8. The van der Waals surface area contributed by atoms with Crippen LogP contribution in [0.1, 0.15) is 19.4 Å². The van der Waals surface area contributed by atoms with Crippen molar-refractivity contribution in [2.75, 3.05) is 13.0 Å². The van der Waals surface area contributed by atoms with Crippen LogP contribution < -0.4 is 15.2 Å². The topological polar surface area (TPSA) is 78.6 Å². The molecule has 0 unspecified atom stereocenters. The minimum atomic E-state index is -3.43. The van der Waals surface area contributed by atoms with Gasteiger partial charge in [-0.1, -0.05) is 6.07 Å². The molecule has 2 rings (SSSR count). The maximum absolute atomic E-state index is 11.9.